The molecule has 0 spiro atoms. The van der Waals surface area contributed by atoms with E-state index in [2.05, 4.69) is 4.74 Å². The minimum Gasteiger partial charge on any atom is -0.493 e. The molecule has 8 nitrogen and oxygen atoms in total. The number of esters is 2. The molecule has 0 fully saturated rings. The number of carbonyl (C=O) groups is 2. The van der Waals surface area contributed by atoms with E-state index in [9.17, 15) is 9.59 Å². The lowest BCUT2D eigenvalue weighted by Gasteiger charge is -2.14. The molecular weight excluding hydrogens is 356 g/mol. The zero-order chi connectivity index (χ0) is 19.8. The average Bonchev–Trinajstić information content (AvgIpc) is 3.17. The summed E-state index contributed by atoms with van der Waals surface area (Å²) in [4.78, 5) is 23.6. The molecule has 8 heteroatoms. The Hall–Kier alpha value is -3.16. The molecule has 0 saturated carbocycles. The molecule has 0 bridgehead atoms. The Balaban J connectivity index is 1.96. The number of hydrogen-bond acceptors (Lipinski definition) is 8. The minimum absolute atomic E-state index is 0.0231. The van der Waals surface area contributed by atoms with Crippen LogP contribution in [0, 0.1) is 0 Å². The molecule has 0 atom stereocenters. The fraction of sp³-hybridized carbons (Fsp3) is 0.368. The van der Waals surface area contributed by atoms with Crippen molar-refractivity contribution >= 4 is 11.9 Å². The van der Waals surface area contributed by atoms with Gasteiger partial charge in [-0.05, 0) is 30.2 Å². The van der Waals surface area contributed by atoms with Gasteiger partial charge in [0.25, 0.3) is 0 Å². The van der Waals surface area contributed by atoms with Crippen LogP contribution in [0.15, 0.2) is 28.9 Å². The molecule has 146 valence electrons. The standard InChI is InChI=1S/C19H22O8/c1-22-14-9-12(10-15(23-2)18(14)24-3)5-6-16(20)27-11-13-7-8-26-17(13)19(21)25-4/h7-10H,5-6,11H2,1-4H3. The van der Waals surface area contributed by atoms with Crippen molar-refractivity contribution in [3.63, 3.8) is 0 Å². The lowest BCUT2D eigenvalue weighted by atomic mass is 10.1. The van der Waals surface area contributed by atoms with Crippen molar-refractivity contribution in [1.82, 2.24) is 0 Å². The van der Waals surface area contributed by atoms with Crippen molar-refractivity contribution in [2.75, 3.05) is 28.4 Å². The molecule has 0 radical (unpaired) electrons. The lowest BCUT2D eigenvalue weighted by Crippen LogP contribution is -2.09. The predicted molar refractivity (Wildman–Crippen MR) is 94.3 cm³/mol. The van der Waals surface area contributed by atoms with Crippen LogP contribution >= 0.6 is 0 Å². The molecule has 2 aromatic rings. The first-order valence-electron chi connectivity index (χ1n) is 8.13. The van der Waals surface area contributed by atoms with Gasteiger partial charge in [-0.1, -0.05) is 0 Å². The molecule has 0 saturated heterocycles. The van der Waals surface area contributed by atoms with Crippen LogP contribution in [-0.2, 0) is 27.3 Å². The van der Waals surface area contributed by atoms with Gasteiger partial charge < -0.3 is 28.1 Å². The summed E-state index contributed by atoms with van der Waals surface area (Å²) in [5.41, 5.74) is 1.28. The maximum Gasteiger partial charge on any atom is 0.374 e. The molecule has 1 aromatic heterocycles. The molecular formula is C19H22O8. The highest BCUT2D eigenvalue weighted by atomic mass is 16.5. The van der Waals surface area contributed by atoms with Crippen LogP contribution in [0.5, 0.6) is 17.2 Å². The van der Waals surface area contributed by atoms with Crippen LogP contribution in [0.3, 0.4) is 0 Å². The molecule has 27 heavy (non-hydrogen) atoms. The van der Waals surface area contributed by atoms with E-state index in [0.717, 1.165) is 5.56 Å². The van der Waals surface area contributed by atoms with E-state index in [1.54, 1.807) is 18.2 Å². The first-order valence-corrected chi connectivity index (χ1v) is 8.13. The first kappa shape index (κ1) is 20.2. The smallest absolute Gasteiger partial charge is 0.374 e. The van der Waals surface area contributed by atoms with E-state index in [1.807, 2.05) is 0 Å². The van der Waals surface area contributed by atoms with Gasteiger partial charge in [0.15, 0.2) is 11.5 Å². The van der Waals surface area contributed by atoms with Crippen molar-refractivity contribution in [2.24, 2.45) is 0 Å². The number of carbonyl (C=O) groups excluding carboxylic acids is 2. The van der Waals surface area contributed by atoms with E-state index < -0.39 is 11.9 Å². The molecule has 0 N–H and O–H groups in total. The van der Waals surface area contributed by atoms with Gasteiger partial charge in [0, 0.05) is 12.0 Å². The van der Waals surface area contributed by atoms with Crippen LogP contribution in [0.1, 0.15) is 28.1 Å². The SMILES string of the molecule is COC(=O)c1occc1COC(=O)CCc1cc(OC)c(OC)c(OC)c1. The fourth-order valence-electron chi connectivity index (χ4n) is 2.48. The van der Waals surface area contributed by atoms with Crippen molar-refractivity contribution in [1.29, 1.82) is 0 Å². The van der Waals surface area contributed by atoms with Crippen molar-refractivity contribution in [3.05, 3.63) is 41.3 Å². The molecule has 0 aliphatic carbocycles. The zero-order valence-corrected chi connectivity index (χ0v) is 15.7. The van der Waals surface area contributed by atoms with Gasteiger partial charge in [0.05, 0.1) is 34.7 Å². The second kappa shape index (κ2) is 9.51. The van der Waals surface area contributed by atoms with Gasteiger partial charge in [0.2, 0.25) is 11.5 Å². The van der Waals surface area contributed by atoms with Gasteiger partial charge in [0.1, 0.15) is 6.61 Å². The molecule has 1 heterocycles. The highest BCUT2D eigenvalue weighted by molar-refractivity contribution is 5.87. The van der Waals surface area contributed by atoms with Crippen LogP contribution in [0.2, 0.25) is 0 Å². The number of ether oxygens (including phenoxy) is 5. The summed E-state index contributed by atoms with van der Waals surface area (Å²) in [5, 5.41) is 0. The third-order valence-corrected chi connectivity index (χ3v) is 3.85. The number of rotatable bonds is 9. The van der Waals surface area contributed by atoms with E-state index in [1.165, 1.54) is 34.7 Å². The second-order valence-corrected chi connectivity index (χ2v) is 5.46. The van der Waals surface area contributed by atoms with Gasteiger partial charge in [-0.25, -0.2) is 4.79 Å². The maximum atomic E-state index is 12.0. The van der Waals surface area contributed by atoms with Crippen LogP contribution in [0.25, 0.3) is 0 Å². The number of hydrogen-bond donors (Lipinski definition) is 0. The highest BCUT2D eigenvalue weighted by Gasteiger charge is 2.18. The quantitative estimate of drug-likeness (QED) is 0.615. The summed E-state index contributed by atoms with van der Waals surface area (Å²) in [6, 6.07) is 5.11. The van der Waals surface area contributed by atoms with Gasteiger partial charge in [-0.15, -0.1) is 0 Å². The molecule has 0 amide bonds. The number of furan rings is 1. The van der Waals surface area contributed by atoms with E-state index in [0.29, 0.717) is 29.2 Å². The molecule has 2 rings (SSSR count). The Morgan fingerprint density at radius 2 is 1.67 bits per heavy atom. The lowest BCUT2D eigenvalue weighted by molar-refractivity contribution is -0.144. The second-order valence-electron chi connectivity index (χ2n) is 5.46. The van der Waals surface area contributed by atoms with E-state index >= 15 is 0 Å². The molecule has 0 aliphatic heterocycles. The molecule has 0 aliphatic rings. The summed E-state index contributed by atoms with van der Waals surface area (Å²) < 4.78 is 30.7. The monoisotopic (exact) mass is 378 g/mol. The first-order chi connectivity index (χ1) is 13.0. The molecule has 0 unspecified atom stereocenters. The van der Waals surface area contributed by atoms with Crippen LogP contribution in [0.4, 0.5) is 0 Å². The Kier molecular flexibility index (Phi) is 7.10. The fourth-order valence-corrected chi connectivity index (χ4v) is 2.48. The maximum absolute atomic E-state index is 12.0. The van der Waals surface area contributed by atoms with Crippen molar-refractivity contribution < 1.29 is 37.7 Å². The largest absolute Gasteiger partial charge is 0.493 e. The summed E-state index contributed by atoms with van der Waals surface area (Å²) in [5.74, 6) is 0.503. The third-order valence-electron chi connectivity index (χ3n) is 3.85. The van der Waals surface area contributed by atoms with Crippen molar-refractivity contribution in [2.45, 2.75) is 19.4 Å². The topological polar surface area (TPSA) is 93.4 Å². The predicted octanol–water partition coefficient (Wildman–Crippen LogP) is 2.77. The number of aryl methyl sites for hydroxylation is 1. The average molecular weight is 378 g/mol. The summed E-state index contributed by atoms with van der Waals surface area (Å²) in [6.45, 7) is -0.0744. The number of benzene rings is 1. The summed E-state index contributed by atoms with van der Waals surface area (Å²) in [6.07, 6.45) is 1.90. The van der Waals surface area contributed by atoms with Gasteiger partial charge in [-0.3, -0.25) is 4.79 Å². The molecule has 1 aromatic carbocycles. The Labute approximate surface area is 156 Å². The Morgan fingerprint density at radius 1 is 1.00 bits per heavy atom. The van der Waals surface area contributed by atoms with Gasteiger partial charge >= 0.3 is 11.9 Å². The zero-order valence-electron chi connectivity index (χ0n) is 15.7. The Bertz CT molecular complexity index is 768. The van der Waals surface area contributed by atoms with Crippen LogP contribution < -0.4 is 14.2 Å². The highest BCUT2D eigenvalue weighted by Crippen LogP contribution is 2.38. The number of methoxy groups -OCH3 is 4. The summed E-state index contributed by atoms with van der Waals surface area (Å²) in [7, 11) is 5.83. The third kappa shape index (κ3) is 4.93. The van der Waals surface area contributed by atoms with E-state index in [-0.39, 0.29) is 18.8 Å². The van der Waals surface area contributed by atoms with E-state index in [4.69, 9.17) is 23.4 Å². The minimum atomic E-state index is -0.622. The van der Waals surface area contributed by atoms with Crippen molar-refractivity contribution in [3.8, 4) is 17.2 Å². The Morgan fingerprint density at radius 3 is 2.22 bits per heavy atom. The normalized spacial score (nSPS) is 10.2. The van der Waals surface area contributed by atoms with Crippen LogP contribution in [-0.4, -0.2) is 40.4 Å². The summed E-state index contributed by atoms with van der Waals surface area (Å²) >= 11 is 0. The van der Waals surface area contributed by atoms with Gasteiger partial charge in [-0.2, -0.15) is 0 Å².